The summed E-state index contributed by atoms with van der Waals surface area (Å²) in [7, 11) is 0. The number of para-hydroxylation sites is 1. The van der Waals surface area contributed by atoms with Gasteiger partial charge in [-0.3, -0.25) is 4.79 Å². The molecule has 0 aliphatic carbocycles. The zero-order chi connectivity index (χ0) is 14.0. The molecule has 1 heterocycles. The summed E-state index contributed by atoms with van der Waals surface area (Å²) < 4.78 is 5.34. The van der Waals surface area contributed by atoms with E-state index in [0.717, 1.165) is 6.42 Å². The number of carboxylic acids is 1. The molecule has 1 amide bonds. The molecule has 0 bridgehead atoms. The van der Waals surface area contributed by atoms with E-state index in [9.17, 15) is 9.59 Å². The molecular formula is C13H14ClNO4. The number of halogens is 1. The first-order valence-electron chi connectivity index (χ1n) is 5.95. The molecule has 2 unspecified atom stereocenters. The number of benzene rings is 1. The third-order valence-electron chi connectivity index (χ3n) is 3.14. The van der Waals surface area contributed by atoms with Crippen molar-refractivity contribution in [1.82, 2.24) is 0 Å². The lowest BCUT2D eigenvalue weighted by Gasteiger charge is -2.16. The van der Waals surface area contributed by atoms with Crippen LogP contribution in [0.4, 0.5) is 5.69 Å². The van der Waals surface area contributed by atoms with Crippen LogP contribution in [0.25, 0.3) is 0 Å². The average Bonchev–Trinajstić information content (AvgIpc) is 2.77. The van der Waals surface area contributed by atoms with Crippen molar-refractivity contribution in [2.45, 2.75) is 19.4 Å². The molecule has 102 valence electrons. The van der Waals surface area contributed by atoms with Crippen LogP contribution in [0.1, 0.15) is 23.7 Å². The predicted octanol–water partition coefficient (Wildman–Crippen LogP) is 2.40. The summed E-state index contributed by atoms with van der Waals surface area (Å²) in [4.78, 5) is 23.2. The predicted molar refractivity (Wildman–Crippen MR) is 70.6 cm³/mol. The molecule has 1 aliphatic rings. The van der Waals surface area contributed by atoms with Gasteiger partial charge in [0.25, 0.3) is 5.91 Å². The van der Waals surface area contributed by atoms with Crippen LogP contribution in [0.2, 0.25) is 5.02 Å². The van der Waals surface area contributed by atoms with E-state index in [1.165, 1.54) is 18.2 Å². The monoisotopic (exact) mass is 283 g/mol. The van der Waals surface area contributed by atoms with Crippen LogP contribution in [-0.2, 0) is 9.53 Å². The molecule has 1 fully saturated rings. The molecule has 2 rings (SSSR count). The van der Waals surface area contributed by atoms with Crippen LogP contribution >= 0.6 is 11.6 Å². The minimum Gasteiger partial charge on any atom is -0.478 e. The van der Waals surface area contributed by atoms with Crippen LogP contribution in [0.5, 0.6) is 0 Å². The smallest absolute Gasteiger partial charge is 0.337 e. The standard InChI is InChI=1S/C13H14ClNO4/c1-7-5-6-19-11(7)12(16)15-10-8(13(17)18)3-2-4-9(10)14/h2-4,7,11H,5-6H2,1H3,(H,15,16)(H,17,18). The van der Waals surface area contributed by atoms with E-state index in [-0.39, 0.29) is 28.1 Å². The highest BCUT2D eigenvalue weighted by molar-refractivity contribution is 6.34. The third kappa shape index (κ3) is 2.88. The van der Waals surface area contributed by atoms with E-state index in [0.29, 0.717) is 6.61 Å². The van der Waals surface area contributed by atoms with Gasteiger partial charge in [0.05, 0.1) is 16.3 Å². The van der Waals surface area contributed by atoms with Crippen LogP contribution < -0.4 is 5.32 Å². The second kappa shape index (κ2) is 5.59. The molecule has 0 aromatic heterocycles. The summed E-state index contributed by atoms with van der Waals surface area (Å²) in [5.74, 6) is -1.39. The molecule has 1 aromatic rings. The number of carbonyl (C=O) groups excluding carboxylic acids is 1. The number of carbonyl (C=O) groups is 2. The fraction of sp³-hybridized carbons (Fsp3) is 0.385. The van der Waals surface area contributed by atoms with Crippen molar-refractivity contribution in [3.63, 3.8) is 0 Å². The van der Waals surface area contributed by atoms with Gasteiger partial charge >= 0.3 is 5.97 Å². The maximum atomic E-state index is 12.1. The normalized spacial score (nSPS) is 22.2. The molecule has 19 heavy (non-hydrogen) atoms. The molecule has 1 aliphatic heterocycles. The topological polar surface area (TPSA) is 75.6 Å². The highest BCUT2D eigenvalue weighted by Gasteiger charge is 2.31. The lowest BCUT2D eigenvalue weighted by molar-refractivity contribution is -0.126. The minimum absolute atomic E-state index is 0.0356. The second-order valence-electron chi connectivity index (χ2n) is 4.51. The Morgan fingerprint density at radius 3 is 2.79 bits per heavy atom. The van der Waals surface area contributed by atoms with E-state index in [1.54, 1.807) is 0 Å². The number of nitrogens with one attached hydrogen (secondary N) is 1. The van der Waals surface area contributed by atoms with E-state index < -0.39 is 12.1 Å². The quantitative estimate of drug-likeness (QED) is 0.893. The van der Waals surface area contributed by atoms with Crippen molar-refractivity contribution in [3.05, 3.63) is 28.8 Å². The molecule has 1 aromatic carbocycles. The van der Waals surface area contributed by atoms with E-state index >= 15 is 0 Å². The van der Waals surface area contributed by atoms with Gasteiger partial charge in [-0.25, -0.2) is 4.79 Å². The molecule has 0 spiro atoms. The number of hydrogen-bond donors (Lipinski definition) is 2. The Morgan fingerprint density at radius 1 is 1.47 bits per heavy atom. The highest BCUT2D eigenvalue weighted by Crippen LogP contribution is 2.28. The Labute approximate surface area is 115 Å². The van der Waals surface area contributed by atoms with Crippen LogP contribution in [0.3, 0.4) is 0 Å². The zero-order valence-corrected chi connectivity index (χ0v) is 11.1. The fourth-order valence-electron chi connectivity index (χ4n) is 2.05. The summed E-state index contributed by atoms with van der Waals surface area (Å²) >= 11 is 5.94. The maximum absolute atomic E-state index is 12.1. The van der Waals surface area contributed by atoms with Crippen molar-refractivity contribution in [2.24, 2.45) is 5.92 Å². The van der Waals surface area contributed by atoms with Gasteiger partial charge in [-0.05, 0) is 24.5 Å². The molecule has 0 radical (unpaired) electrons. The summed E-state index contributed by atoms with van der Waals surface area (Å²) in [6, 6.07) is 4.45. The molecule has 2 N–H and O–H groups in total. The molecule has 1 saturated heterocycles. The number of anilines is 1. The molecule has 6 heteroatoms. The van der Waals surface area contributed by atoms with Crippen LogP contribution in [-0.4, -0.2) is 29.7 Å². The van der Waals surface area contributed by atoms with Gasteiger partial charge in [0, 0.05) is 6.61 Å². The molecular weight excluding hydrogens is 270 g/mol. The third-order valence-corrected chi connectivity index (χ3v) is 3.45. The second-order valence-corrected chi connectivity index (χ2v) is 4.92. The van der Waals surface area contributed by atoms with Gasteiger partial charge in [0.2, 0.25) is 0 Å². The van der Waals surface area contributed by atoms with Crippen LogP contribution in [0, 0.1) is 5.92 Å². The van der Waals surface area contributed by atoms with E-state index in [4.69, 9.17) is 21.4 Å². The fourth-order valence-corrected chi connectivity index (χ4v) is 2.28. The molecule has 2 atom stereocenters. The van der Waals surface area contributed by atoms with Gasteiger partial charge in [0.15, 0.2) is 0 Å². The number of ether oxygens (including phenoxy) is 1. The van der Waals surface area contributed by atoms with Gasteiger partial charge in [-0.15, -0.1) is 0 Å². The maximum Gasteiger partial charge on any atom is 0.337 e. The first kappa shape index (κ1) is 13.8. The van der Waals surface area contributed by atoms with E-state index in [2.05, 4.69) is 5.32 Å². The Kier molecular flexibility index (Phi) is 4.07. The molecule has 5 nitrogen and oxygen atoms in total. The van der Waals surface area contributed by atoms with Crippen molar-refractivity contribution in [3.8, 4) is 0 Å². The Balaban J connectivity index is 2.23. The number of rotatable bonds is 3. The first-order valence-corrected chi connectivity index (χ1v) is 6.32. The first-order chi connectivity index (χ1) is 9.00. The SMILES string of the molecule is CC1CCOC1C(=O)Nc1c(Cl)cccc1C(=O)O. The summed E-state index contributed by atoms with van der Waals surface area (Å²) in [5.41, 5.74) is 0.0795. The van der Waals surface area contributed by atoms with Gasteiger partial charge in [-0.2, -0.15) is 0 Å². The van der Waals surface area contributed by atoms with Crippen molar-refractivity contribution < 1.29 is 19.4 Å². The van der Waals surface area contributed by atoms with Crippen molar-refractivity contribution in [1.29, 1.82) is 0 Å². The lowest BCUT2D eigenvalue weighted by Crippen LogP contribution is -2.31. The lowest BCUT2D eigenvalue weighted by atomic mass is 10.0. The van der Waals surface area contributed by atoms with Gasteiger partial charge < -0.3 is 15.2 Å². The number of aromatic carboxylic acids is 1. The van der Waals surface area contributed by atoms with Crippen LogP contribution in [0.15, 0.2) is 18.2 Å². The zero-order valence-electron chi connectivity index (χ0n) is 10.4. The number of amides is 1. The Hall–Kier alpha value is -1.59. The number of carboxylic acid groups (broad SMARTS) is 1. The van der Waals surface area contributed by atoms with Crippen molar-refractivity contribution in [2.75, 3.05) is 11.9 Å². The Bertz CT molecular complexity index is 517. The summed E-state index contributed by atoms with van der Waals surface area (Å²) in [5, 5.41) is 11.8. The average molecular weight is 284 g/mol. The largest absolute Gasteiger partial charge is 0.478 e. The van der Waals surface area contributed by atoms with E-state index in [1.807, 2.05) is 6.92 Å². The highest BCUT2D eigenvalue weighted by atomic mass is 35.5. The molecule has 0 saturated carbocycles. The summed E-state index contributed by atoms with van der Waals surface area (Å²) in [6.07, 6.45) is 0.254. The number of hydrogen-bond acceptors (Lipinski definition) is 3. The summed E-state index contributed by atoms with van der Waals surface area (Å²) in [6.45, 7) is 2.45. The van der Waals surface area contributed by atoms with Crippen molar-refractivity contribution >= 4 is 29.2 Å². The minimum atomic E-state index is -1.14. The Morgan fingerprint density at radius 2 is 2.21 bits per heavy atom. The van der Waals surface area contributed by atoms with Gasteiger partial charge in [0.1, 0.15) is 6.10 Å². The van der Waals surface area contributed by atoms with Gasteiger partial charge in [-0.1, -0.05) is 24.6 Å².